The molecule has 1 N–H and O–H groups in total. The predicted molar refractivity (Wildman–Crippen MR) is 111 cm³/mol. The van der Waals surface area contributed by atoms with Crippen LogP contribution in [-0.4, -0.2) is 54.0 Å². The van der Waals surface area contributed by atoms with Crippen molar-refractivity contribution in [1.82, 2.24) is 15.1 Å². The smallest absolute Gasteiger partial charge is 0.148 e. The molecule has 2 aromatic rings. The molecular weight excluding hydrogens is 367 g/mol. The zero-order chi connectivity index (χ0) is 19.6. The number of nitrogens with one attached hydrogen (secondary N) is 1. The molecule has 5 nitrogen and oxygen atoms in total. The van der Waals surface area contributed by atoms with Gasteiger partial charge in [0.2, 0.25) is 0 Å². The molecule has 2 atom stereocenters. The predicted octanol–water partition coefficient (Wildman–Crippen LogP) is 3.83. The average molecular weight is 397 g/mol. The molecule has 29 heavy (non-hydrogen) atoms. The minimum absolute atomic E-state index is 0.267. The zero-order valence-corrected chi connectivity index (χ0v) is 16.8. The van der Waals surface area contributed by atoms with Gasteiger partial charge in [-0.1, -0.05) is 12.1 Å². The Labute approximate surface area is 171 Å². The minimum atomic E-state index is -0.267. The van der Waals surface area contributed by atoms with Crippen LogP contribution in [-0.2, 0) is 4.74 Å². The normalized spacial score (nSPS) is 27.8. The third-order valence-corrected chi connectivity index (χ3v) is 6.85. The third kappa shape index (κ3) is 4.28. The molecule has 154 valence electrons. The van der Waals surface area contributed by atoms with Crippen LogP contribution < -0.4 is 5.32 Å². The van der Waals surface area contributed by atoms with Crippen LogP contribution in [0.4, 0.5) is 10.2 Å². The maximum Gasteiger partial charge on any atom is 0.148 e. The van der Waals surface area contributed by atoms with Crippen LogP contribution in [0.1, 0.15) is 25.7 Å². The number of ether oxygens (including phenoxy) is 1. The Bertz CT molecular complexity index is 810. The molecular formula is C23H29FN4O. The van der Waals surface area contributed by atoms with E-state index in [1.807, 2.05) is 18.2 Å². The van der Waals surface area contributed by atoms with Crippen LogP contribution in [0, 0.1) is 23.6 Å². The summed E-state index contributed by atoms with van der Waals surface area (Å²) in [5, 5.41) is 12.1. The second-order valence-corrected chi connectivity index (χ2v) is 8.89. The number of benzene rings is 1. The van der Waals surface area contributed by atoms with Crippen molar-refractivity contribution in [2.45, 2.75) is 31.7 Å². The molecule has 6 heteroatoms. The number of nitrogens with zero attached hydrogens (tertiary/aromatic N) is 3. The maximum atomic E-state index is 13.9. The molecule has 0 amide bonds. The summed E-state index contributed by atoms with van der Waals surface area (Å²) >= 11 is 0. The van der Waals surface area contributed by atoms with E-state index < -0.39 is 0 Å². The second kappa shape index (κ2) is 8.36. The fourth-order valence-electron chi connectivity index (χ4n) is 5.39. The molecule has 3 fully saturated rings. The Morgan fingerprint density at radius 1 is 1.00 bits per heavy atom. The van der Waals surface area contributed by atoms with Gasteiger partial charge in [-0.25, -0.2) is 4.39 Å². The van der Waals surface area contributed by atoms with E-state index in [0.29, 0.717) is 17.3 Å². The number of hydrogen-bond acceptors (Lipinski definition) is 5. The van der Waals surface area contributed by atoms with Crippen molar-refractivity contribution in [1.29, 1.82) is 0 Å². The molecule has 1 aromatic carbocycles. The number of hydrogen-bond donors (Lipinski definition) is 1. The number of likely N-dealkylation sites (tertiary alicyclic amines) is 1. The average Bonchev–Trinajstić information content (AvgIpc) is 3.28. The second-order valence-electron chi connectivity index (χ2n) is 8.89. The van der Waals surface area contributed by atoms with Crippen LogP contribution in [0.2, 0.25) is 0 Å². The first-order valence-electron chi connectivity index (χ1n) is 10.9. The maximum absolute atomic E-state index is 13.9. The quantitative estimate of drug-likeness (QED) is 0.832. The highest BCUT2D eigenvalue weighted by Gasteiger charge is 2.41. The van der Waals surface area contributed by atoms with Gasteiger partial charge in [-0.15, -0.1) is 10.2 Å². The molecule has 2 unspecified atom stereocenters. The lowest BCUT2D eigenvalue weighted by Crippen LogP contribution is -2.32. The molecule has 1 aliphatic carbocycles. The van der Waals surface area contributed by atoms with E-state index >= 15 is 0 Å². The molecule has 1 aromatic heterocycles. The van der Waals surface area contributed by atoms with Gasteiger partial charge in [0.25, 0.3) is 0 Å². The van der Waals surface area contributed by atoms with Crippen molar-refractivity contribution in [2.24, 2.45) is 17.8 Å². The van der Waals surface area contributed by atoms with Crippen LogP contribution in [0.5, 0.6) is 0 Å². The van der Waals surface area contributed by atoms with Crippen LogP contribution >= 0.6 is 0 Å². The molecule has 2 aliphatic heterocycles. The fraction of sp³-hybridized carbons (Fsp3) is 0.565. The Balaban J connectivity index is 1.13. The van der Waals surface area contributed by atoms with E-state index in [1.54, 1.807) is 12.1 Å². The Hall–Kier alpha value is -2.05. The SMILES string of the molecule is Fc1ccccc1-c1ccc(NC2CC3CN(CC4CCOCC4)CC3C2)nn1. The number of aromatic nitrogens is 2. The number of anilines is 1. The molecule has 3 aliphatic rings. The van der Waals surface area contributed by atoms with Gasteiger partial charge in [0.1, 0.15) is 11.6 Å². The summed E-state index contributed by atoms with van der Waals surface area (Å²) in [6, 6.07) is 10.9. The van der Waals surface area contributed by atoms with Crippen molar-refractivity contribution < 1.29 is 9.13 Å². The fourth-order valence-corrected chi connectivity index (χ4v) is 5.39. The first kappa shape index (κ1) is 18.9. The van der Waals surface area contributed by atoms with Gasteiger partial charge in [0.05, 0.1) is 5.69 Å². The lowest BCUT2D eigenvalue weighted by atomic mass is 10.00. The standard InChI is InChI=1S/C23H29FN4O/c24-21-4-2-1-3-20(21)22-5-6-23(27-26-22)25-19-11-17-14-28(15-18(17)12-19)13-16-7-9-29-10-8-16/h1-6,16-19H,7-15H2,(H,25,27). The summed E-state index contributed by atoms with van der Waals surface area (Å²) in [4.78, 5) is 2.69. The van der Waals surface area contributed by atoms with E-state index in [2.05, 4.69) is 20.4 Å². The van der Waals surface area contributed by atoms with Crippen LogP contribution in [0.3, 0.4) is 0 Å². The first-order chi connectivity index (χ1) is 14.2. The zero-order valence-electron chi connectivity index (χ0n) is 16.8. The number of fused-ring (bicyclic) bond motifs is 1. The van der Waals surface area contributed by atoms with Gasteiger partial charge < -0.3 is 15.0 Å². The summed E-state index contributed by atoms with van der Waals surface area (Å²) < 4.78 is 19.4. The lowest BCUT2D eigenvalue weighted by Gasteiger charge is -2.27. The van der Waals surface area contributed by atoms with Crippen molar-refractivity contribution in [3.05, 3.63) is 42.2 Å². The highest BCUT2D eigenvalue weighted by Crippen LogP contribution is 2.39. The topological polar surface area (TPSA) is 50.3 Å². The van der Waals surface area contributed by atoms with Gasteiger partial charge in [-0.3, -0.25) is 0 Å². The van der Waals surface area contributed by atoms with Gasteiger partial charge in [0.15, 0.2) is 0 Å². The highest BCUT2D eigenvalue weighted by molar-refractivity contribution is 5.60. The Kier molecular flexibility index (Phi) is 5.46. The monoisotopic (exact) mass is 396 g/mol. The molecule has 0 radical (unpaired) electrons. The van der Waals surface area contributed by atoms with Crippen LogP contribution in [0.25, 0.3) is 11.3 Å². The summed E-state index contributed by atoms with van der Waals surface area (Å²) in [6.07, 6.45) is 4.84. The van der Waals surface area contributed by atoms with E-state index in [9.17, 15) is 4.39 Å². The molecule has 0 bridgehead atoms. The lowest BCUT2D eigenvalue weighted by molar-refractivity contribution is 0.0545. The summed E-state index contributed by atoms with van der Waals surface area (Å²) in [5.74, 6) is 2.92. The molecule has 1 saturated carbocycles. The van der Waals surface area contributed by atoms with Gasteiger partial charge in [0, 0.05) is 44.5 Å². The van der Waals surface area contributed by atoms with E-state index in [-0.39, 0.29) is 5.82 Å². The van der Waals surface area contributed by atoms with Crippen molar-refractivity contribution in [3.8, 4) is 11.3 Å². The Morgan fingerprint density at radius 3 is 2.45 bits per heavy atom. The summed E-state index contributed by atoms with van der Waals surface area (Å²) in [5.41, 5.74) is 1.06. The third-order valence-electron chi connectivity index (χ3n) is 6.85. The van der Waals surface area contributed by atoms with Gasteiger partial charge >= 0.3 is 0 Å². The van der Waals surface area contributed by atoms with Crippen molar-refractivity contribution in [3.63, 3.8) is 0 Å². The van der Waals surface area contributed by atoms with E-state index in [4.69, 9.17) is 4.74 Å². The minimum Gasteiger partial charge on any atom is -0.381 e. The van der Waals surface area contributed by atoms with Crippen molar-refractivity contribution >= 4 is 5.82 Å². The number of rotatable bonds is 5. The highest BCUT2D eigenvalue weighted by atomic mass is 19.1. The molecule has 5 rings (SSSR count). The van der Waals surface area contributed by atoms with Gasteiger partial charge in [-0.2, -0.15) is 0 Å². The largest absolute Gasteiger partial charge is 0.381 e. The summed E-state index contributed by atoms with van der Waals surface area (Å²) in [7, 11) is 0. The van der Waals surface area contributed by atoms with Crippen LogP contribution in [0.15, 0.2) is 36.4 Å². The number of halogens is 1. The van der Waals surface area contributed by atoms with Crippen molar-refractivity contribution in [2.75, 3.05) is 38.2 Å². The molecule has 2 saturated heterocycles. The molecule has 0 spiro atoms. The molecule has 3 heterocycles. The first-order valence-corrected chi connectivity index (χ1v) is 10.9. The van der Waals surface area contributed by atoms with E-state index in [0.717, 1.165) is 36.8 Å². The van der Waals surface area contributed by atoms with Gasteiger partial charge in [-0.05, 0) is 67.7 Å². The Morgan fingerprint density at radius 2 is 1.76 bits per heavy atom. The van der Waals surface area contributed by atoms with E-state index in [1.165, 1.54) is 51.4 Å². The summed E-state index contributed by atoms with van der Waals surface area (Å²) in [6.45, 7) is 5.59.